The molecule has 5 rings (SSSR count). The van der Waals surface area contributed by atoms with Gasteiger partial charge in [0.1, 0.15) is 24.7 Å². The predicted octanol–water partition coefficient (Wildman–Crippen LogP) is 5.30. The van der Waals surface area contributed by atoms with E-state index in [1.54, 1.807) is 23.1 Å². The maximum Gasteiger partial charge on any atom is 0.295 e. The molecule has 2 aliphatic rings. The summed E-state index contributed by atoms with van der Waals surface area (Å²) < 4.78 is 17.2. The maximum atomic E-state index is 13.4. The molecule has 0 bridgehead atoms. The van der Waals surface area contributed by atoms with Gasteiger partial charge in [-0.15, -0.1) is 0 Å². The van der Waals surface area contributed by atoms with Gasteiger partial charge in [-0.3, -0.25) is 9.59 Å². The first-order valence-corrected chi connectivity index (χ1v) is 13.0. The average Bonchev–Trinajstić information content (AvgIpc) is 3.21. The van der Waals surface area contributed by atoms with Gasteiger partial charge in [0, 0.05) is 12.1 Å². The van der Waals surface area contributed by atoms with Crippen molar-refractivity contribution in [2.45, 2.75) is 32.2 Å². The molecule has 1 N–H and O–H groups in total. The lowest BCUT2D eigenvalue weighted by Crippen LogP contribution is -2.31. The van der Waals surface area contributed by atoms with E-state index in [2.05, 4.69) is 6.92 Å². The predicted molar refractivity (Wildman–Crippen MR) is 143 cm³/mol. The van der Waals surface area contributed by atoms with Crippen molar-refractivity contribution in [3.8, 4) is 17.2 Å². The Kier molecular flexibility index (Phi) is 7.63. The minimum absolute atomic E-state index is 0.0467. The number of aliphatic hydroxyl groups excluding tert-OH is 1. The van der Waals surface area contributed by atoms with Gasteiger partial charge in [-0.25, -0.2) is 0 Å². The number of hydrogen-bond donors (Lipinski definition) is 1. The third-order valence-corrected chi connectivity index (χ3v) is 6.78. The standard InChI is InChI=1S/C31H31NO6/c1-2-3-16-36-24-11-7-10-22(19-24)28-27(29(33)23-12-13-25-26(20-23)38-18-17-37-25)30(34)31(35)32(28)15-14-21-8-5-4-6-9-21/h4-13,19-20,28,33H,2-3,14-18H2,1H3/b29-27+/t28-/m1/s1. The van der Waals surface area contributed by atoms with E-state index in [1.807, 2.05) is 54.6 Å². The van der Waals surface area contributed by atoms with E-state index in [0.717, 1.165) is 18.4 Å². The number of rotatable bonds is 9. The van der Waals surface area contributed by atoms with Crippen LogP contribution in [0.1, 0.15) is 42.5 Å². The Labute approximate surface area is 222 Å². The zero-order valence-electron chi connectivity index (χ0n) is 21.4. The fourth-order valence-corrected chi connectivity index (χ4v) is 4.81. The first-order chi connectivity index (χ1) is 18.6. The molecule has 0 unspecified atom stereocenters. The molecule has 2 heterocycles. The Bertz CT molecular complexity index is 1350. The molecule has 3 aromatic carbocycles. The van der Waals surface area contributed by atoms with Gasteiger partial charge in [0.2, 0.25) is 0 Å². The van der Waals surface area contributed by atoms with Crippen molar-refractivity contribution in [1.82, 2.24) is 4.90 Å². The molecule has 0 aliphatic carbocycles. The first-order valence-electron chi connectivity index (χ1n) is 13.0. The summed E-state index contributed by atoms with van der Waals surface area (Å²) in [6, 6.07) is 21.5. The maximum absolute atomic E-state index is 13.4. The summed E-state index contributed by atoms with van der Waals surface area (Å²) in [6.07, 6.45) is 2.50. The second-order valence-corrected chi connectivity index (χ2v) is 9.36. The fourth-order valence-electron chi connectivity index (χ4n) is 4.81. The Morgan fingerprint density at radius 3 is 2.55 bits per heavy atom. The Morgan fingerprint density at radius 1 is 0.974 bits per heavy atom. The largest absolute Gasteiger partial charge is 0.507 e. The van der Waals surface area contributed by atoms with Gasteiger partial charge in [-0.2, -0.15) is 0 Å². The minimum Gasteiger partial charge on any atom is -0.507 e. The van der Waals surface area contributed by atoms with Crippen molar-refractivity contribution in [3.63, 3.8) is 0 Å². The van der Waals surface area contributed by atoms with Crippen LogP contribution in [-0.2, 0) is 16.0 Å². The fraction of sp³-hybridized carbons (Fsp3) is 0.290. The number of likely N-dealkylation sites (tertiary alicyclic amines) is 1. The van der Waals surface area contributed by atoms with Crippen molar-refractivity contribution in [2.75, 3.05) is 26.4 Å². The number of fused-ring (bicyclic) bond motifs is 1. The lowest BCUT2D eigenvalue weighted by molar-refractivity contribution is -0.139. The first kappa shape index (κ1) is 25.4. The van der Waals surface area contributed by atoms with Crippen LogP contribution < -0.4 is 14.2 Å². The molecule has 0 radical (unpaired) electrons. The summed E-state index contributed by atoms with van der Waals surface area (Å²) in [4.78, 5) is 28.3. The molecule has 196 valence electrons. The summed E-state index contributed by atoms with van der Waals surface area (Å²) in [5.41, 5.74) is 2.18. The van der Waals surface area contributed by atoms with Crippen LogP contribution in [0.4, 0.5) is 0 Å². The summed E-state index contributed by atoms with van der Waals surface area (Å²) in [5, 5.41) is 11.4. The number of carbonyl (C=O) groups is 2. The van der Waals surface area contributed by atoms with E-state index in [9.17, 15) is 14.7 Å². The van der Waals surface area contributed by atoms with Gasteiger partial charge in [0.15, 0.2) is 11.5 Å². The lowest BCUT2D eigenvalue weighted by Gasteiger charge is -2.26. The van der Waals surface area contributed by atoms with Gasteiger partial charge in [-0.05, 0) is 54.3 Å². The van der Waals surface area contributed by atoms with E-state index in [0.29, 0.717) is 61.2 Å². The van der Waals surface area contributed by atoms with Gasteiger partial charge in [-0.1, -0.05) is 55.8 Å². The summed E-state index contributed by atoms with van der Waals surface area (Å²) in [5.74, 6) is 0.120. The summed E-state index contributed by atoms with van der Waals surface area (Å²) in [7, 11) is 0. The van der Waals surface area contributed by atoms with Crippen molar-refractivity contribution < 1.29 is 28.9 Å². The molecule has 1 amide bonds. The van der Waals surface area contributed by atoms with E-state index in [1.165, 1.54) is 0 Å². The van der Waals surface area contributed by atoms with Crippen molar-refractivity contribution in [1.29, 1.82) is 0 Å². The number of hydrogen-bond acceptors (Lipinski definition) is 6. The molecular formula is C31H31NO6. The van der Waals surface area contributed by atoms with E-state index < -0.39 is 17.7 Å². The monoisotopic (exact) mass is 513 g/mol. The van der Waals surface area contributed by atoms with Gasteiger partial charge >= 0.3 is 0 Å². The van der Waals surface area contributed by atoms with Crippen LogP contribution in [0.3, 0.4) is 0 Å². The van der Waals surface area contributed by atoms with Gasteiger partial charge < -0.3 is 24.2 Å². The van der Waals surface area contributed by atoms with E-state index in [4.69, 9.17) is 14.2 Å². The molecule has 0 spiro atoms. The van der Waals surface area contributed by atoms with Crippen LogP contribution in [0.25, 0.3) is 5.76 Å². The highest BCUT2D eigenvalue weighted by Crippen LogP contribution is 2.41. The quantitative estimate of drug-likeness (QED) is 0.181. The Balaban J connectivity index is 1.55. The van der Waals surface area contributed by atoms with Crippen molar-refractivity contribution in [3.05, 3.63) is 95.1 Å². The number of ketones is 1. The van der Waals surface area contributed by atoms with E-state index in [-0.39, 0.29) is 11.3 Å². The highest BCUT2D eigenvalue weighted by atomic mass is 16.6. The number of unbranched alkanes of at least 4 members (excludes halogenated alkanes) is 1. The smallest absolute Gasteiger partial charge is 0.295 e. The molecular weight excluding hydrogens is 482 g/mol. The zero-order valence-corrected chi connectivity index (χ0v) is 21.4. The molecule has 0 saturated carbocycles. The van der Waals surface area contributed by atoms with Gasteiger partial charge in [0.25, 0.3) is 11.7 Å². The van der Waals surface area contributed by atoms with Crippen LogP contribution in [0.5, 0.6) is 17.2 Å². The molecule has 2 aliphatic heterocycles. The normalized spacial score (nSPS) is 18.0. The molecule has 0 aromatic heterocycles. The lowest BCUT2D eigenvalue weighted by atomic mass is 9.95. The molecule has 7 nitrogen and oxygen atoms in total. The third-order valence-electron chi connectivity index (χ3n) is 6.78. The average molecular weight is 514 g/mol. The minimum atomic E-state index is -0.762. The number of ether oxygens (including phenoxy) is 3. The molecule has 1 fully saturated rings. The molecule has 3 aromatic rings. The second-order valence-electron chi connectivity index (χ2n) is 9.36. The molecule has 1 saturated heterocycles. The van der Waals surface area contributed by atoms with Crippen molar-refractivity contribution >= 4 is 17.4 Å². The van der Waals surface area contributed by atoms with Crippen LogP contribution in [0.2, 0.25) is 0 Å². The zero-order chi connectivity index (χ0) is 26.5. The molecule has 38 heavy (non-hydrogen) atoms. The third kappa shape index (κ3) is 5.23. The van der Waals surface area contributed by atoms with Crippen LogP contribution in [0.15, 0.2) is 78.4 Å². The highest BCUT2D eigenvalue weighted by Gasteiger charge is 2.46. The molecule has 7 heteroatoms. The number of Topliss-reactive ketones (excluding diaryl/α,β-unsaturated/α-hetero) is 1. The Hall–Kier alpha value is -4.26. The van der Waals surface area contributed by atoms with Gasteiger partial charge in [0.05, 0.1) is 18.2 Å². The summed E-state index contributed by atoms with van der Waals surface area (Å²) in [6.45, 7) is 3.83. The Morgan fingerprint density at radius 2 is 1.76 bits per heavy atom. The van der Waals surface area contributed by atoms with Crippen molar-refractivity contribution in [2.24, 2.45) is 0 Å². The number of carbonyl (C=O) groups excluding carboxylic acids is 2. The number of benzene rings is 3. The number of nitrogens with zero attached hydrogens (tertiary/aromatic N) is 1. The van der Waals surface area contributed by atoms with Crippen LogP contribution in [0, 0.1) is 0 Å². The van der Waals surface area contributed by atoms with Crippen LogP contribution >= 0.6 is 0 Å². The molecule has 1 atom stereocenters. The highest BCUT2D eigenvalue weighted by molar-refractivity contribution is 6.46. The van der Waals surface area contributed by atoms with E-state index >= 15 is 0 Å². The SMILES string of the molecule is CCCCOc1cccc([C@@H]2/C(=C(\O)c3ccc4c(c3)OCCO4)C(=O)C(=O)N2CCc2ccccc2)c1. The second kappa shape index (κ2) is 11.4. The number of aliphatic hydroxyl groups is 1. The summed E-state index contributed by atoms with van der Waals surface area (Å²) >= 11 is 0. The van der Waals surface area contributed by atoms with Crippen LogP contribution in [-0.4, -0.2) is 48.1 Å². The topological polar surface area (TPSA) is 85.3 Å². The number of amides is 1.